The Morgan fingerprint density at radius 1 is 1.35 bits per heavy atom. The standard InChI is InChI=1S/C15H17N3O4S/c1-4-7-16-13(19)9-23-15-18-17-14(22-15)10-5-6-11(20-2)12(8-10)21-3/h4-6,8H,1,7,9H2,2-3H3,(H,16,19). The Labute approximate surface area is 138 Å². The summed E-state index contributed by atoms with van der Waals surface area (Å²) in [7, 11) is 3.12. The van der Waals surface area contributed by atoms with Crippen molar-refractivity contribution < 1.29 is 18.7 Å². The molecule has 0 saturated carbocycles. The summed E-state index contributed by atoms with van der Waals surface area (Å²) in [6.07, 6.45) is 1.62. The molecule has 0 aliphatic rings. The molecule has 2 aromatic rings. The second-order valence-electron chi connectivity index (χ2n) is 4.32. The van der Waals surface area contributed by atoms with Gasteiger partial charge in [-0.3, -0.25) is 4.79 Å². The number of benzene rings is 1. The lowest BCUT2D eigenvalue weighted by atomic mass is 10.2. The number of nitrogens with one attached hydrogen (secondary N) is 1. The maximum Gasteiger partial charge on any atom is 0.277 e. The molecule has 7 nitrogen and oxygen atoms in total. The molecule has 8 heteroatoms. The molecular weight excluding hydrogens is 318 g/mol. The predicted octanol–water partition coefficient (Wildman–Crippen LogP) is 2.15. The number of rotatable bonds is 8. The molecule has 1 aromatic heterocycles. The zero-order chi connectivity index (χ0) is 16.7. The Morgan fingerprint density at radius 2 is 2.13 bits per heavy atom. The van der Waals surface area contributed by atoms with E-state index in [0.717, 1.165) is 0 Å². The maximum atomic E-state index is 11.5. The number of ether oxygens (including phenoxy) is 2. The van der Waals surface area contributed by atoms with E-state index in [4.69, 9.17) is 13.9 Å². The van der Waals surface area contributed by atoms with Crippen LogP contribution in [0, 0.1) is 0 Å². The molecule has 0 aliphatic carbocycles. The van der Waals surface area contributed by atoms with Gasteiger partial charge in [0.1, 0.15) is 0 Å². The average molecular weight is 335 g/mol. The third-order valence-corrected chi connectivity index (χ3v) is 3.63. The molecule has 0 unspecified atom stereocenters. The lowest BCUT2D eigenvalue weighted by Gasteiger charge is -2.07. The highest BCUT2D eigenvalue weighted by molar-refractivity contribution is 7.99. The van der Waals surface area contributed by atoms with Crippen LogP contribution in [0.15, 0.2) is 40.5 Å². The van der Waals surface area contributed by atoms with Gasteiger partial charge in [0.15, 0.2) is 11.5 Å². The summed E-state index contributed by atoms with van der Waals surface area (Å²) in [4.78, 5) is 11.5. The summed E-state index contributed by atoms with van der Waals surface area (Å²) >= 11 is 1.17. The van der Waals surface area contributed by atoms with Crippen molar-refractivity contribution in [2.24, 2.45) is 0 Å². The molecule has 0 fully saturated rings. The van der Waals surface area contributed by atoms with E-state index in [1.807, 2.05) is 0 Å². The monoisotopic (exact) mass is 335 g/mol. The quantitative estimate of drug-likeness (QED) is 0.584. The van der Waals surface area contributed by atoms with Crippen molar-refractivity contribution in [1.29, 1.82) is 0 Å². The first-order chi connectivity index (χ1) is 11.2. The molecule has 1 amide bonds. The first-order valence-electron chi connectivity index (χ1n) is 6.74. The number of nitrogens with zero attached hydrogens (tertiary/aromatic N) is 2. The van der Waals surface area contributed by atoms with Crippen molar-refractivity contribution in [3.8, 4) is 23.0 Å². The van der Waals surface area contributed by atoms with Crippen LogP contribution in [0.1, 0.15) is 0 Å². The number of aromatic nitrogens is 2. The van der Waals surface area contributed by atoms with Crippen molar-refractivity contribution >= 4 is 17.7 Å². The average Bonchev–Trinajstić information content (AvgIpc) is 3.06. The van der Waals surface area contributed by atoms with Crippen molar-refractivity contribution in [3.63, 3.8) is 0 Å². The summed E-state index contributed by atoms with van der Waals surface area (Å²) in [6.45, 7) is 3.96. The van der Waals surface area contributed by atoms with Gasteiger partial charge in [-0.2, -0.15) is 0 Å². The van der Waals surface area contributed by atoms with E-state index in [1.54, 1.807) is 38.5 Å². The first kappa shape index (κ1) is 16.9. The third-order valence-electron chi connectivity index (χ3n) is 2.81. The topological polar surface area (TPSA) is 86.5 Å². The molecule has 122 valence electrons. The summed E-state index contributed by atoms with van der Waals surface area (Å²) in [5, 5.41) is 10.9. The summed E-state index contributed by atoms with van der Waals surface area (Å²) in [5.41, 5.74) is 0.707. The van der Waals surface area contributed by atoms with Gasteiger partial charge in [-0.05, 0) is 18.2 Å². The first-order valence-corrected chi connectivity index (χ1v) is 7.72. The van der Waals surface area contributed by atoms with E-state index >= 15 is 0 Å². The van der Waals surface area contributed by atoms with E-state index in [9.17, 15) is 4.79 Å². The van der Waals surface area contributed by atoms with E-state index in [1.165, 1.54) is 11.8 Å². The largest absolute Gasteiger partial charge is 0.493 e. The highest BCUT2D eigenvalue weighted by Crippen LogP contribution is 2.32. The minimum absolute atomic E-state index is 0.124. The zero-order valence-electron chi connectivity index (χ0n) is 12.9. The minimum atomic E-state index is -0.124. The number of hydrogen-bond acceptors (Lipinski definition) is 7. The van der Waals surface area contributed by atoms with Crippen molar-refractivity contribution in [1.82, 2.24) is 15.5 Å². The Balaban J connectivity index is 2.04. The molecule has 23 heavy (non-hydrogen) atoms. The predicted molar refractivity (Wildman–Crippen MR) is 86.8 cm³/mol. The Hall–Kier alpha value is -2.48. The summed E-state index contributed by atoms with van der Waals surface area (Å²) in [6, 6.07) is 5.30. The van der Waals surface area contributed by atoms with E-state index < -0.39 is 0 Å². The van der Waals surface area contributed by atoms with Crippen LogP contribution in [0.2, 0.25) is 0 Å². The van der Waals surface area contributed by atoms with Gasteiger partial charge in [-0.1, -0.05) is 17.8 Å². The molecule has 0 atom stereocenters. The number of hydrogen-bond donors (Lipinski definition) is 1. The van der Waals surface area contributed by atoms with Crippen molar-refractivity contribution in [3.05, 3.63) is 30.9 Å². The SMILES string of the molecule is C=CCNC(=O)CSc1nnc(-c2ccc(OC)c(OC)c2)o1. The van der Waals surface area contributed by atoms with Crippen molar-refractivity contribution in [2.45, 2.75) is 5.22 Å². The Bertz CT molecular complexity index is 687. The lowest BCUT2D eigenvalue weighted by Crippen LogP contribution is -2.24. The molecule has 2 rings (SSSR count). The second kappa shape index (κ2) is 8.23. The molecule has 1 heterocycles. The zero-order valence-corrected chi connectivity index (χ0v) is 13.7. The van der Waals surface area contributed by atoms with Crippen LogP contribution < -0.4 is 14.8 Å². The van der Waals surface area contributed by atoms with E-state index in [2.05, 4.69) is 22.1 Å². The van der Waals surface area contributed by atoms with Crippen LogP contribution >= 0.6 is 11.8 Å². The molecular formula is C15H17N3O4S. The summed E-state index contributed by atoms with van der Waals surface area (Å²) in [5.74, 6) is 1.60. The third kappa shape index (κ3) is 4.49. The van der Waals surface area contributed by atoms with Crippen LogP contribution in [0.5, 0.6) is 11.5 Å². The number of thioether (sulfide) groups is 1. The van der Waals surface area contributed by atoms with Gasteiger partial charge in [0, 0.05) is 12.1 Å². The number of methoxy groups -OCH3 is 2. The fourth-order valence-corrected chi connectivity index (χ4v) is 2.31. The fourth-order valence-electron chi connectivity index (χ4n) is 1.72. The normalized spacial score (nSPS) is 10.2. The fraction of sp³-hybridized carbons (Fsp3) is 0.267. The molecule has 1 aromatic carbocycles. The Morgan fingerprint density at radius 3 is 2.83 bits per heavy atom. The van der Waals surface area contributed by atoms with Gasteiger partial charge in [-0.25, -0.2) is 0 Å². The number of carbonyl (C=O) groups excluding carboxylic acids is 1. The molecule has 0 saturated heterocycles. The highest BCUT2D eigenvalue weighted by atomic mass is 32.2. The van der Waals surface area contributed by atoms with Gasteiger partial charge in [0.2, 0.25) is 11.8 Å². The molecule has 0 radical (unpaired) electrons. The van der Waals surface area contributed by atoms with E-state index in [-0.39, 0.29) is 11.7 Å². The lowest BCUT2D eigenvalue weighted by molar-refractivity contribution is -0.118. The maximum absolute atomic E-state index is 11.5. The smallest absolute Gasteiger partial charge is 0.277 e. The number of amides is 1. The van der Waals surface area contributed by atoms with Gasteiger partial charge >= 0.3 is 0 Å². The van der Waals surface area contributed by atoms with E-state index in [0.29, 0.717) is 34.7 Å². The van der Waals surface area contributed by atoms with Gasteiger partial charge in [-0.15, -0.1) is 16.8 Å². The van der Waals surface area contributed by atoms with Crippen LogP contribution in [0.4, 0.5) is 0 Å². The summed E-state index contributed by atoms with van der Waals surface area (Å²) < 4.78 is 16.0. The van der Waals surface area contributed by atoms with Gasteiger partial charge < -0.3 is 19.2 Å². The number of carbonyl (C=O) groups is 1. The molecule has 0 spiro atoms. The van der Waals surface area contributed by atoms with Crippen LogP contribution in [-0.2, 0) is 4.79 Å². The molecule has 0 bridgehead atoms. The van der Waals surface area contributed by atoms with Crippen LogP contribution in [-0.4, -0.2) is 42.6 Å². The van der Waals surface area contributed by atoms with Crippen molar-refractivity contribution in [2.75, 3.05) is 26.5 Å². The van der Waals surface area contributed by atoms with Gasteiger partial charge in [0.05, 0.1) is 20.0 Å². The second-order valence-corrected chi connectivity index (χ2v) is 5.25. The van der Waals surface area contributed by atoms with Crippen LogP contribution in [0.3, 0.4) is 0 Å². The minimum Gasteiger partial charge on any atom is -0.493 e. The Kier molecular flexibility index (Phi) is 6.04. The molecule has 0 aliphatic heterocycles. The van der Waals surface area contributed by atoms with Crippen LogP contribution in [0.25, 0.3) is 11.5 Å². The van der Waals surface area contributed by atoms with Gasteiger partial charge in [0.25, 0.3) is 5.22 Å². The highest BCUT2D eigenvalue weighted by Gasteiger charge is 2.13. The molecule has 1 N–H and O–H groups in total.